The van der Waals surface area contributed by atoms with E-state index in [0.29, 0.717) is 0 Å². The maximum absolute atomic E-state index is 11.7. The molecule has 1 heterocycles. The van der Waals surface area contributed by atoms with Gasteiger partial charge in [0.25, 0.3) is 5.91 Å². The summed E-state index contributed by atoms with van der Waals surface area (Å²) in [7, 11) is 3.39. The first-order chi connectivity index (χ1) is 7.11. The number of β-lactam (4-membered cyclic amide) rings is 1. The van der Waals surface area contributed by atoms with E-state index in [1.54, 1.807) is 19.1 Å². The Balaban J connectivity index is 2.34. The zero-order chi connectivity index (χ0) is 11.1. The largest absolute Gasteiger partial charge is 0.366 e. The van der Waals surface area contributed by atoms with Gasteiger partial charge in [0.2, 0.25) is 0 Å². The molecule has 0 spiro atoms. The summed E-state index contributed by atoms with van der Waals surface area (Å²) < 4.78 is 5.33. The van der Waals surface area contributed by atoms with Crippen molar-refractivity contribution in [2.24, 2.45) is 0 Å². The van der Waals surface area contributed by atoms with Gasteiger partial charge in [-0.1, -0.05) is 30.3 Å². The predicted octanol–water partition coefficient (Wildman–Crippen LogP) is 1.60. The van der Waals surface area contributed by atoms with Crippen LogP contribution in [0.2, 0.25) is 0 Å². The molecule has 0 saturated carbocycles. The molecular formula is C12H15NO2. The van der Waals surface area contributed by atoms with E-state index in [1.165, 1.54) is 0 Å². The number of hydrogen-bond acceptors (Lipinski definition) is 2. The second-order valence-corrected chi connectivity index (χ2v) is 4.04. The number of rotatable bonds is 2. The summed E-state index contributed by atoms with van der Waals surface area (Å²) in [6.45, 7) is 1.84. The molecule has 0 aromatic heterocycles. The van der Waals surface area contributed by atoms with Crippen molar-refractivity contribution in [1.29, 1.82) is 0 Å². The predicted molar refractivity (Wildman–Crippen MR) is 57.4 cm³/mol. The van der Waals surface area contributed by atoms with Crippen molar-refractivity contribution in [2.45, 2.75) is 18.6 Å². The van der Waals surface area contributed by atoms with Gasteiger partial charge in [0, 0.05) is 14.2 Å². The summed E-state index contributed by atoms with van der Waals surface area (Å²) in [5, 5.41) is 0. The third kappa shape index (κ3) is 1.27. The number of likely N-dealkylation sites (tertiary alicyclic amines) is 1. The summed E-state index contributed by atoms with van der Waals surface area (Å²) in [6.07, 6.45) is 0. The highest BCUT2D eigenvalue weighted by Gasteiger charge is 2.56. The molecule has 1 aromatic rings. The first-order valence-electron chi connectivity index (χ1n) is 4.98. The Labute approximate surface area is 89.7 Å². The molecular weight excluding hydrogens is 190 g/mol. The molecule has 1 aliphatic rings. The van der Waals surface area contributed by atoms with Crippen molar-refractivity contribution >= 4 is 5.91 Å². The van der Waals surface area contributed by atoms with Gasteiger partial charge in [-0.25, -0.2) is 0 Å². The van der Waals surface area contributed by atoms with E-state index in [9.17, 15) is 4.79 Å². The van der Waals surface area contributed by atoms with Crippen LogP contribution in [0.3, 0.4) is 0 Å². The highest BCUT2D eigenvalue weighted by Crippen LogP contribution is 2.43. The lowest BCUT2D eigenvalue weighted by atomic mass is 9.80. The number of hydrogen-bond donors (Lipinski definition) is 0. The number of benzene rings is 1. The normalized spacial score (nSPS) is 30.2. The summed E-state index contributed by atoms with van der Waals surface area (Å²) in [4.78, 5) is 13.4. The number of ether oxygens (including phenoxy) is 1. The smallest absolute Gasteiger partial charge is 0.257 e. The van der Waals surface area contributed by atoms with Gasteiger partial charge in [0.05, 0.1) is 6.04 Å². The minimum absolute atomic E-state index is 0.0243. The molecule has 1 fully saturated rings. The maximum atomic E-state index is 11.7. The molecule has 0 N–H and O–H groups in total. The molecule has 0 bridgehead atoms. The van der Waals surface area contributed by atoms with Crippen LogP contribution in [-0.2, 0) is 9.53 Å². The Kier molecular flexibility index (Phi) is 2.27. The van der Waals surface area contributed by atoms with Crippen LogP contribution >= 0.6 is 0 Å². The standard InChI is InChI=1S/C12H15NO2/c1-12(15-3)10(13(2)11(12)14)9-7-5-4-6-8-9/h4-8,10H,1-3H3/t10-,12+/m1/s1. The van der Waals surface area contributed by atoms with Crippen molar-refractivity contribution in [2.75, 3.05) is 14.2 Å². The maximum Gasteiger partial charge on any atom is 0.257 e. The van der Waals surface area contributed by atoms with Crippen molar-refractivity contribution < 1.29 is 9.53 Å². The quantitative estimate of drug-likeness (QED) is 0.686. The van der Waals surface area contributed by atoms with Crippen LogP contribution in [0.1, 0.15) is 18.5 Å². The molecule has 3 nitrogen and oxygen atoms in total. The zero-order valence-corrected chi connectivity index (χ0v) is 9.23. The van der Waals surface area contributed by atoms with Crippen LogP contribution in [0.4, 0.5) is 0 Å². The highest BCUT2D eigenvalue weighted by atomic mass is 16.5. The topological polar surface area (TPSA) is 29.5 Å². The Morgan fingerprint density at radius 2 is 1.93 bits per heavy atom. The second kappa shape index (κ2) is 3.35. The van der Waals surface area contributed by atoms with E-state index >= 15 is 0 Å². The van der Waals surface area contributed by atoms with Crippen LogP contribution < -0.4 is 0 Å². The Morgan fingerprint density at radius 1 is 1.33 bits per heavy atom. The number of likely N-dealkylation sites (N-methyl/N-ethyl adjacent to an activating group) is 1. The Hall–Kier alpha value is -1.35. The van der Waals surface area contributed by atoms with Gasteiger partial charge in [-0.05, 0) is 12.5 Å². The van der Waals surface area contributed by atoms with E-state index in [4.69, 9.17) is 4.74 Å². The van der Waals surface area contributed by atoms with Gasteiger partial charge in [0.1, 0.15) is 0 Å². The molecule has 0 radical (unpaired) electrons. The Bertz CT molecular complexity index is 376. The summed E-state index contributed by atoms with van der Waals surface area (Å²) >= 11 is 0. The molecule has 80 valence electrons. The van der Waals surface area contributed by atoms with Crippen LogP contribution in [0, 0.1) is 0 Å². The van der Waals surface area contributed by atoms with E-state index in [0.717, 1.165) is 5.56 Å². The lowest BCUT2D eigenvalue weighted by Gasteiger charge is -2.51. The molecule has 1 aliphatic heterocycles. The van der Waals surface area contributed by atoms with Gasteiger partial charge in [-0.2, -0.15) is 0 Å². The fraction of sp³-hybridized carbons (Fsp3) is 0.417. The van der Waals surface area contributed by atoms with Crippen LogP contribution in [0.25, 0.3) is 0 Å². The monoisotopic (exact) mass is 205 g/mol. The van der Waals surface area contributed by atoms with E-state index in [2.05, 4.69) is 0 Å². The molecule has 15 heavy (non-hydrogen) atoms. The molecule has 0 aliphatic carbocycles. The lowest BCUT2D eigenvalue weighted by Crippen LogP contribution is -2.66. The molecule has 3 heteroatoms. The molecule has 0 unspecified atom stereocenters. The van der Waals surface area contributed by atoms with E-state index in [1.807, 2.05) is 37.3 Å². The van der Waals surface area contributed by atoms with Crippen molar-refractivity contribution in [3.63, 3.8) is 0 Å². The number of amides is 1. The SMILES string of the molecule is CO[C@]1(C)C(=O)N(C)[C@@H]1c1ccccc1. The van der Waals surface area contributed by atoms with Crippen LogP contribution in [0.5, 0.6) is 0 Å². The third-order valence-electron chi connectivity index (χ3n) is 3.19. The van der Waals surface area contributed by atoms with E-state index < -0.39 is 5.60 Å². The number of methoxy groups -OCH3 is 1. The fourth-order valence-electron chi connectivity index (χ4n) is 2.26. The molecule has 1 amide bonds. The molecule has 1 saturated heterocycles. The van der Waals surface area contributed by atoms with Gasteiger partial charge >= 0.3 is 0 Å². The molecule has 1 aromatic carbocycles. The van der Waals surface area contributed by atoms with Crippen molar-refractivity contribution in [1.82, 2.24) is 4.90 Å². The lowest BCUT2D eigenvalue weighted by molar-refractivity contribution is -0.191. The van der Waals surface area contributed by atoms with Crippen LogP contribution in [0.15, 0.2) is 30.3 Å². The zero-order valence-electron chi connectivity index (χ0n) is 9.23. The highest BCUT2D eigenvalue weighted by molar-refractivity contribution is 5.92. The number of carbonyl (C=O) groups is 1. The fourth-order valence-corrected chi connectivity index (χ4v) is 2.26. The second-order valence-electron chi connectivity index (χ2n) is 4.04. The number of nitrogens with zero attached hydrogens (tertiary/aromatic N) is 1. The average molecular weight is 205 g/mol. The van der Waals surface area contributed by atoms with Gasteiger partial charge in [-0.3, -0.25) is 4.79 Å². The van der Waals surface area contributed by atoms with Crippen LogP contribution in [-0.4, -0.2) is 30.6 Å². The molecule has 2 rings (SSSR count). The van der Waals surface area contributed by atoms with E-state index in [-0.39, 0.29) is 11.9 Å². The minimum atomic E-state index is -0.698. The molecule has 2 atom stereocenters. The minimum Gasteiger partial charge on any atom is -0.366 e. The van der Waals surface area contributed by atoms with Gasteiger partial charge in [0.15, 0.2) is 5.60 Å². The summed E-state index contributed by atoms with van der Waals surface area (Å²) in [5.74, 6) is 0.0406. The third-order valence-corrected chi connectivity index (χ3v) is 3.19. The van der Waals surface area contributed by atoms with Crippen molar-refractivity contribution in [3.8, 4) is 0 Å². The number of carbonyl (C=O) groups excluding carboxylic acids is 1. The van der Waals surface area contributed by atoms with Gasteiger partial charge < -0.3 is 9.64 Å². The first kappa shape index (κ1) is 10.2. The summed E-state index contributed by atoms with van der Waals surface area (Å²) in [5.41, 5.74) is 0.416. The Morgan fingerprint density at radius 3 is 2.47 bits per heavy atom. The first-order valence-corrected chi connectivity index (χ1v) is 4.98. The average Bonchev–Trinajstić information content (AvgIpc) is 2.29. The van der Waals surface area contributed by atoms with Crippen molar-refractivity contribution in [3.05, 3.63) is 35.9 Å². The van der Waals surface area contributed by atoms with Gasteiger partial charge in [-0.15, -0.1) is 0 Å². The summed E-state index contributed by atoms with van der Waals surface area (Å²) in [6, 6.07) is 9.98.